The van der Waals surface area contributed by atoms with E-state index in [4.69, 9.17) is 18.9 Å². The number of aliphatic carboxylic acids is 1. The van der Waals surface area contributed by atoms with Gasteiger partial charge in [-0.25, -0.2) is 0 Å². The predicted octanol–water partition coefficient (Wildman–Crippen LogP) is 17.9. The molecular formula is C66H123NO8. The standard InChI is InChI=1S/C66H123NO8/c1-6-8-10-12-14-16-18-20-22-24-26-28-30-32-34-36-38-40-42-44-46-48-50-52-54-56-63(68)73-60-62(61-74-66(65(70)71)72-59-58-67(3,4)5)75-64(69)57-55-53-51-49-47-45-43-41-39-37-35-33-31-29-27-25-23-21-19-17-15-13-11-9-7-2/h19,21,24-27,62,66H,6-18,20,22-23,28-61H2,1-5H3/b21-19-,26-24-,27-25-. The molecule has 0 aromatic heterocycles. The zero-order valence-electron chi connectivity index (χ0n) is 50.2. The lowest BCUT2D eigenvalue weighted by molar-refractivity contribution is -0.870. The van der Waals surface area contributed by atoms with Crippen LogP contribution in [0, 0.1) is 0 Å². The molecule has 0 aliphatic rings. The number of hydrogen-bond acceptors (Lipinski definition) is 8. The molecule has 0 aliphatic carbocycles. The molecule has 0 N–H and O–H groups in total. The third-order valence-corrected chi connectivity index (χ3v) is 14.4. The molecule has 0 aromatic rings. The topological polar surface area (TPSA) is 111 Å². The Balaban J connectivity index is 4.15. The summed E-state index contributed by atoms with van der Waals surface area (Å²) in [5.74, 6) is -2.26. The second kappa shape index (κ2) is 57.7. The minimum absolute atomic E-state index is 0.149. The Morgan fingerprint density at radius 1 is 0.400 bits per heavy atom. The SMILES string of the molecule is CCCCCCC/C=C\C/C=C\CCCCCCCCCCCCCCCC(=O)OC(COC(=O)CCCCCCCCCCCCCCC/C=C\CCCCCCCCCC)COC(OCC[N+](C)(C)C)C(=O)[O-]. The predicted molar refractivity (Wildman–Crippen MR) is 316 cm³/mol. The highest BCUT2D eigenvalue weighted by molar-refractivity contribution is 5.70. The van der Waals surface area contributed by atoms with Gasteiger partial charge in [0, 0.05) is 12.8 Å². The van der Waals surface area contributed by atoms with Crippen molar-refractivity contribution in [1.82, 2.24) is 0 Å². The maximum atomic E-state index is 12.9. The maximum Gasteiger partial charge on any atom is 0.306 e. The van der Waals surface area contributed by atoms with Crippen molar-refractivity contribution in [3.63, 3.8) is 0 Å². The molecule has 0 fully saturated rings. The van der Waals surface area contributed by atoms with Crippen molar-refractivity contribution in [2.45, 2.75) is 322 Å². The number of esters is 2. The number of allylic oxidation sites excluding steroid dienone is 6. The van der Waals surface area contributed by atoms with Gasteiger partial charge in [0.05, 0.1) is 40.3 Å². The molecule has 9 nitrogen and oxygen atoms in total. The number of rotatable bonds is 60. The van der Waals surface area contributed by atoms with Gasteiger partial charge in [-0.15, -0.1) is 0 Å². The Labute approximate surface area is 464 Å². The van der Waals surface area contributed by atoms with Crippen LogP contribution in [-0.4, -0.2) is 82.3 Å². The zero-order chi connectivity index (χ0) is 54.8. The third-order valence-electron chi connectivity index (χ3n) is 14.4. The van der Waals surface area contributed by atoms with E-state index in [1.165, 1.54) is 238 Å². The molecule has 0 heterocycles. The molecular weight excluding hydrogens is 935 g/mol. The molecule has 2 unspecified atom stereocenters. The lowest BCUT2D eigenvalue weighted by atomic mass is 10.0. The molecule has 0 saturated heterocycles. The van der Waals surface area contributed by atoms with Gasteiger partial charge in [0.2, 0.25) is 0 Å². The van der Waals surface area contributed by atoms with E-state index in [2.05, 4.69) is 50.3 Å². The van der Waals surface area contributed by atoms with Crippen LogP contribution in [0.25, 0.3) is 0 Å². The summed E-state index contributed by atoms with van der Waals surface area (Å²) in [5, 5.41) is 11.8. The van der Waals surface area contributed by atoms with Gasteiger partial charge in [-0.1, -0.05) is 262 Å². The summed E-state index contributed by atoms with van der Waals surface area (Å²) in [6, 6.07) is 0. The number of quaternary nitrogens is 1. The van der Waals surface area contributed by atoms with E-state index >= 15 is 0 Å². The summed E-state index contributed by atoms with van der Waals surface area (Å²) < 4.78 is 22.8. The van der Waals surface area contributed by atoms with E-state index in [1.54, 1.807) is 0 Å². The fraction of sp³-hybridized carbons (Fsp3) is 0.864. The summed E-state index contributed by atoms with van der Waals surface area (Å²) in [6.07, 6.45) is 67.7. The Bertz CT molecular complexity index is 1320. The number of nitrogens with zero attached hydrogens (tertiary/aromatic N) is 1. The molecule has 0 saturated carbocycles. The van der Waals surface area contributed by atoms with Crippen molar-refractivity contribution in [3.05, 3.63) is 36.5 Å². The molecule has 9 heteroatoms. The number of carboxylic acids is 1. The highest BCUT2D eigenvalue weighted by atomic mass is 16.7. The van der Waals surface area contributed by atoms with Crippen molar-refractivity contribution < 1.29 is 42.9 Å². The van der Waals surface area contributed by atoms with Crippen molar-refractivity contribution in [3.8, 4) is 0 Å². The minimum atomic E-state index is -1.62. The van der Waals surface area contributed by atoms with Crippen LogP contribution in [0.3, 0.4) is 0 Å². The summed E-state index contributed by atoms with van der Waals surface area (Å²) in [6.45, 7) is 4.79. The van der Waals surface area contributed by atoms with Gasteiger partial charge in [0.1, 0.15) is 13.2 Å². The molecule has 0 aliphatic heterocycles. The van der Waals surface area contributed by atoms with Gasteiger partial charge in [0.25, 0.3) is 0 Å². The van der Waals surface area contributed by atoms with Gasteiger partial charge in [0.15, 0.2) is 12.4 Å². The smallest absolute Gasteiger partial charge is 0.306 e. The number of likely N-dealkylation sites (N-methyl/N-ethyl adjacent to an activating group) is 1. The zero-order valence-corrected chi connectivity index (χ0v) is 50.2. The molecule has 75 heavy (non-hydrogen) atoms. The Hall–Kier alpha value is -2.49. The van der Waals surface area contributed by atoms with Gasteiger partial charge in [-0.2, -0.15) is 0 Å². The van der Waals surface area contributed by atoms with Crippen molar-refractivity contribution in [1.29, 1.82) is 0 Å². The van der Waals surface area contributed by atoms with Crippen LogP contribution >= 0.6 is 0 Å². The molecule has 0 spiro atoms. The fourth-order valence-electron chi connectivity index (χ4n) is 9.39. The molecule has 0 rings (SSSR count). The second-order valence-corrected chi connectivity index (χ2v) is 23.0. The average Bonchev–Trinajstić information content (AvgIpc) is 3.38. The van der Waals surface area contributed by atoms with Gasteiger partial charge < -0.3 is 33.3 Å². The van der Waals surface area contributed by atoms with Crippen LogP contribution in [0.4, 0.5) is 0 Å². The fourth-order valence-corrected chi connectivity index (χ4v) is 9.39. The highest BCUT2D eigenvalue weighted by Crippen LogP contribution is 2.17. The van der Waals surface area contributed by atoms with Crippen LogP contribution < -0.4 is 5.11 Å². The van der Waals surface area contributed by atoms with Crippen LogP contribution in [0.2, 0.25) is 0 Å². The summed E-state index contributed by atoms with van der Waals surface area (Å²) in [7, 11) is 5.93. The number of carbonyl (C=O) groups excluding carboxylic acids is 3. The van der Waals surface area contributed by atoms with E-state index < -0.39 is 24.3 Å². The number of carbonyl (C=O) groups is 3. The molecule has 2 atom stereocenters. The quantitative estimate of drug-likeness (QED) is 0.0195. The second-order valence-electron chi connectivity index (χ2n) is 23.0. The number of unbranched alkanes of at least 4 members (excludes halogenated alkanes) is 39. The Morgan fingerprint density at radius 2 is 0.720 bits per heavy atom. The molecule has 0 aromatic carbocycles. The molecule has 0 amide bonds. The number of carboxylic acid groups (broad SMARTS) is 1. The lowest BCUT2D eigenvalue weighted by Gasteiger charge is -2.26. The van der Waals surface area contributed by atoms with Crippen LogP contribution in [-0.2, 0) is 33.3 Å². The first-order valence-corrected chi connectivity index (χ1v) is 32.1. The van der Waals surface area contributed by atoms with Gasteiger partial charge in [-0.05, 0) is 70.6 Å². The van der Waals surface area contributed by atoms with Crippen LogP contribution in [0.1, 0.15) is 309 Å². The summed E-state index contributed by atoms with van der Waals surface area (Å²) in [4.78, 5) is 37.4. The minimum Gasteiger partial charge on any atom is -0.545 e. The van der Waals surface area contributed by atoms with Crippen LogP contribution in [0.15, 0.2) is 36.5 Å². The van der Waals surface area contributed by atoms with Gasteiger partial charge >= 0.3 is 11.9 Å². The first-order chi connectivity index (χ1) is 36.6. The molecule has 0 bridgehead atoms. The number of hydrogen-bond donors (Lipinski definition) is 0. The van der Waals surface area contributed by atoms with Crippen molar-refractivity contribution >= 4 is 17.9 Å². The summed E-state index contributed by atoms with van der Waals surface area (Å²) >= 11 is 0. The van der Waals surface area contributed by atoms with E-state index in [-0.39, 0.29) is 32.2 Å². The average molecular weight is 1060 g/mol. The monoisotopic (exact) mass is 1060 g/mol. The summed E-state index contributed by atoms with van der Waals surface area (Å²) in [5.41, 5.74) is 0. The highest BCUT2D eigenvalue weighted by Gasteiger charge is 2.22. The van der Waals surface area contributed by atoms with Crippen molar-refractivity contribution in [2.24, 2.45) is 0 Å². The van der Waals surface area contributed by atoms with E-state index in [0.717, 1.165) is 38.5 Å². The van der Waals surface area contributed by atoms with Crippen LogP contribution in [0.5, 0.6) is 0 Å². The first-order valence-electron chi connectivity index (χ1n) is 32.1. The van der Waals surface area contributed by atoms with E-state index in [1.807, 2.05) is 21.1 Å². The molecule has 440 valence electrons. The van der Waals surface area contributed by atoms with Gasteiger partial charge in [-0.3, -0.25) is 9.59 Å². The number of ether oxygens (including phenoxy) is 4. The third kappa shape index (κ3) is 59.0. The molecule has 0 radical (unpaired) electrons. The van der Waals surface area contributed by atoms with Crippen molar-refractivity contribution in [2.75, 3.05) is 47.5 Å². The Kier molecular flexibility index (Phi) is 55.8. The lowest BCUT2D eigenvalue weighted by Crippen LogP contribution is -2.44. The van der Waals surface area contributed by atoms with E-state index in [9.17, 15) is 19.5 Å². The Morgan fingerprint density at radius 3 is 1.07 bits per heavy atom. The largest absolute Gasteiger partial charge is 0.545 e. The first kappa shape index (κ1) is 72.5. The maximum absolute atomic E-state index is 12.9. The normalized spacial score (nSPS) is 12.9. The van der Waals surface area contributed by atoms with E-state index in [0.29, 0.717) is 23.9 Å².